The van der Waals surface area contributed by atoms with Crippen molar-refractivity contribution >= 4 is 22.0 Å². The Morgan fingerprint density at radius 1 is 0.725 bits per heavy atom. The molecular weight excluding hydrogens is 488 g/mol. The average molecular weight is 520 g/mol. The second-order valence-corrected chi connectivity index (χ2v) is 10.6. The van der Waals surface area contributed by atoms with Gasteiger partial charge >= 0.3 is 0 Å². The van der Waals surface area contributed by atoms with Crippen molar-refractivity contribution in [3.63, 3.8) is 0 Å². The minimum atomic E-state index is -0.735. The standard InChI is InChI=1S/C37H30N2O/c1-24(2)28-18-19-35-31(22-28)32(23-40-35)37-38-33-16-10-11-17-34(33)39(37)36-29(26-12-6-4-7-13-26)20-25(3)21-30(36)27-14-8-5-9-15-27/h4-24H,1-3H3/i24D. The van der Waals surface area contributed by atoms with E-state index in [1.165, 1.54) is 5.56 Å². The van der Waals surface area contributed by atoms with Crippen LogP contribution < -0.4 is 0 Å². The molecule has 0 fully saturated rings. The van der Waals surface area contributed by atoms with E-state index in [-0.39, 0.29) is 0 Å². The number of benzene rings is 5. The van der Waals surface area contributed by atoms with Gasteiger partial charge < -0.3 is 4.42 Å². The Morgan fingerprint density at radius 2 is 1.35 bits per heavy atom. The summed E-state index contributed by atoms with van der Waals surface area (Å²) in [5.41, 5.74) is 11.4. The number of aryl methyl sites for hydroxylation is 1. The van der Waals surface area contributed by atoms with Crippen LogP contribution >= 0.6 is 0 Å². The monoisotopic (exact) mass is 519 g/mol. The van der Waals surface area contributed by atoms with E-state index in [0.717, 1.165) is 66.9 Å². The summed E-state index contributed by atoms with van der Waals surface area (Å²) in [5.74, 6) is 0.0731. The molecule has 7 rings (SSSR count). The van der Waals surface area contributed by atoms with Gasteiger partial charge in [0, 0.05) is 17.9 Å². The third kappa shape index (κ3) is 4.02. The number of aromatic nitrogens is 2. The van der Waals surface area contributed by atoms with Crippen molar-refractivity contribution in [1.29, 1.82) is 0 Å². The van der Waals surface area contributed by atoms with Crippen molar-refractivity contribution in [3.05, 3.63) is 133 Å². The Kier molecular flexibility index (Phi) is 5.58. The lowest BCUT2D eigenvalue weighted by Gasteiger charge is -2.20. The van der Waals surface area contributed by atoms with E-state index in [0.29, 0.717) is 0 Å². The van der Waals surface area contributed by atoms with E-state index >= 15 is 0 Å². The number of hydrogen-bond donors (Lipinski definition) is 0. The fraction of sp³-hybridized carbons (Fsp3) is 0.108. The molecule has 0 unspecified atom stereocenters. The second-order valence-electron chi connectivity index (χ2n) is 10.6. The van der Waals surface area contributed by atoms with E-state index in [1.54, 1.807) is 0 Å². The van der Waals surface area contributed by atoms with Crippen LogP contribution in [0.1, 0.15) is 32.2 Å². The molecule has 7 aromatic rings. The Morgan fingerprint density at radius 3 is 2.00 bits per heavy atom. The predicted molar refractivity (Wildman–Crippen MR) is 166 cm³/mol. The molecule has 2 aromatic heterocycles. The van der Waals surface area contributed by atoms with Crippen molar-refractivity contribution in [1.82, 2.24) is 9.55 Å². The highest BCUT2D eigenvalue weighted by atomic mass is 16.3. The summed E-state index contributed by atoms with van der Waals surface area (Å²) in [6.07, 6.45) is 1.81. The molecule has 0 amide bonds. The van der Waals surface area contributed by atoms with Crippen LogP contribution in [0.2, 0.25) is 0 Å². The maximum absolute atomic E-state index is 8.66. The van der Waals surface area contributed by atoms with Gasteiger partial charge in [0.05, 0.1) is 22.3 Å². The van der Waals surface area contributed by atoms with Gasteiger partial charge in [-0.25, -0.2) is 4.98 Å². The molecule has 0 saturated heterocycles. The van der Waals surface area contributed by atoms with E-state index < -0.39 is 5.89 Å². The van der Waals surface area contributed by atoms with Crippen LogP contribution in [0.15, 0.2) is 126 Å². The van der Waals surface area contributed by atoms with Gasteiger partial charge in [0.2, 0.25) is 0 Å². The molecule has 0 aliphatic carbocycles. The molecule has 2 heterocycles. The third-order valence-electron chi connectivity index (χ3n) is 7.60. The molecular formula is C37H30N2O. The van der Waals surface area contributed by atoms with Crippen LogP contribution in [0.4, 0.5) is 0 Å². The van der Waals surface area contributed by atoms with Gasteiger partial charge in [0.1, 0.15) is 17.7 Å². The van der Waals surface area contributed by atoms with Gasteiger partial charge in [-0.1, -0.05) is 92.7 Å². The third-order valence-corrected chi connectivity index (χ3v) is 7.60. The van der Waals surface area contributed by atoms with Gasteiger partial charge in [-0.05, 0) is 71.5 Å². The molecule has 194 valence electrons. The fourth-order valence-corrected chi connectivity index (χ4v) is 5.64. The van der Waals surface area contributed by atoms with E-state index in [9.17, 15) is 0 Å². The number of furan rings is 1. The van der Waals surface area contributed by atoms with Crippen LogP contribution in [-0.2, 0) is 0 Å². The fourth-order valence-electron chi connectivity index (χ4n) is 5.64. The minimum absolute atomic E-state index is 0.735. The number of para-hydroxylation sites is 2. The predicted octanol–water partition coefficient (Wildman–Crippen LogP) is 10.2. The van der Waals surface area contributed by atoms with E-state index in [2.05, 4.69) is 109 Å². The first kappa shape index (κ1) is 23.0. The molecule has 0 bridgehead atoms. The first-order valence-corrected chi connectivity index (χ1v) is 13.6. The summed E-state index contributed by atoms with van der Waals surface area (Å²) in [6, 6.07) is 40.0. The van der Waals surface area contributed by atoms with Gasteiger partial charge in [-0.15, -0.1) is 0 Å². The zero-order valence-electron chi connectivity index (χ0n) is 23.8. The summed E-state index contributed by atoms with van der Waals surface area (Å²) >= 11 is 0. The van der Waals surface area contributed by atoms with Crippen LogP contribution in [-0.4, -0.2) is 9.55 Å². The second kappa shape index (κ2) is 9.69. The molecule has 0 spiro atoms. The molecule has 5 aromatic carbocycles. The SMILES string of the molecule is [2H]C(C)(C)c1ccc2occ(-c3nc4ccccc4n3-c3c(-c4ccccc4)cc(C)cc3-c3ccccc3)c2c1. The maximum Gasteiger partial charge on any atom is 0.149 e. The number of rotatable bonds is 5. The largest absolute Gasteiger partial charge is 0.464 e. The molecule has 0 N–H and O–H groups in total. The minimum Gasteiger partial charge on any atom is -0.464 e. The lowest BCUT2D eigenvalue weighted by molar-refractivity contribution is 0.616. The van der Waals surface area contributed by atoms with Crippen molar-refractivity contribution < 1.29 is 5.79 Å². The highest BCUT2D eigenvalue weighted by Crippen LogP contribution is 2.42. The van der Waals surface area contributed by atoms with Crippen LogP contribution in [0.3, 0.4) is 0 Å². The van der Waals surface area contributed by atoms with E-state index in [4.69, 9.17) is 10.8 Å². The van der Waals surface area contributed by atoms with Crippen molar-refractivity contribution in [2.24, 2.45) is 0 Å². The lowest BCUT2D eigenvalue weighted by Crippen LogP contribution is -2.03. The first-order valence-electron chi connectivity index (χ1n) is 14.1. The topological polar surface area (TPSA) is 31.0 Å². The van der Waals surface area contributed by atoms with Crippen molar-refractivity contribution in [2.75, 3.05) is 0 Å². The average Bonchev–Trinajstić information content (AvgIpc) is 3.58. The normalized spacial score (nSPS) is 12.2. The summed E-state index contributed by atoms with van der Waals surface area (Å²) in [6.45, 7) is 5.98. The Bertz CT molecular complexity index is 1970. The Hall–Kier alpha value is -4.89. The summed E-state index contributed by atoms with van der Waals surface area (Å²) in [4.78, 5) is 5.22. The smallest absolute Gasteiger partial charge is 0.149 e. The zero-order chi connectivity index (χ0) is 28.1. The van der Waals surface area contributed by atoms with E-state index in [1.807, 2.05) is 38.3 Å². The molecule has 3 heteroatoms. The summed E-state index contributed by atoms with van der Waals surface area (Å²) in [7, 11) is 0. The number of nitrogens with zero attached hydrogens (tertiary/aromatic N) is 2. The van der Waals surface area contributed by atoms with Gasteiger partial charge in [-0.3, -0.25) is 4.57 Å². The molecule has 0 aliphatic heterocycles. The van der Waals surface area contributed by atoms with Crippen LogP contribution in [0, 0.1) is 6.92 Å². The zero-order valence-corrected chi connectivity index (χ0v) is 22.8. The number of fused-ring (bicyclic) bond motifs is 2. The van der Waals surface area contributed by atoms with Crippen molar-refractivity contribution in [2.45, 2.75) is 26.7 Å². The highest BCUT2D eigenvalue weighted by Gasteiger charge is 2.24. The highest BCUT2D eigenvalue weighted by molar-refractivity contribution is 5.98. The quantitative estimate of drug-likeness (QED) is 0.226. The molecule has 0 atom stereocenters. The van der Waals surface area contributed by atoms with Crippen LogP contribution in [0.25, 0.3) is 61.3 Å². The summed E-state index contributed by atoms with van der Waals surface area (Å²) < 4.78 is 17.0. The lowest BCUT2D eigenvalue weighted by atomic mass is 9.93. The number of imidazole rings is 1. The molecule has 3 nitrogen and oxygen atoms in total. The molecule has 0 aliphatic rings. The molecule has 0 saturated carbocycles. The maximum atomic E-state index is 8.66. The molecule has 40 heavy (non-hydrogen) atoms. The van der Waals surface area contributed by atoms with Gasteiger partial charge in [0.25, 0.3) is 0 Å². The first-order chi connectivity index (χ1) is 19.9. The van der Waals surface area contributed by atoms with Crippen molar-refractivity contribution in [3.8, 4) is 39.3 Å². The molecule has 0 radical (unpaired) electrons. The summed E-state index contributed by atoms with van der Waals surface area (Å²) in [5, 5.41) is 0.953. The Labute approximate surface area is 235 Å². The van der Waals surface area contributed by atoms with Gasteiger partial charge in [0.15, 0.2) is 0 Å². The Balaban J connectivity index is 1.62. The number of hydrogen-bond acceptors (Lipinski definition) is 2. The van der Waals surface area contributed by atoms with Crippen LogP contribution in [0.5, 0.6) is 0 Å². The van der Waals surface area contributed by atoms with Gasteiger partial charge in [-0.2, -0.15) is 0 Å².